The van der Waals surface area contributed by atoms with E-state index in [0.29, 0.717) is 6.42 Å². The van der Waals surface area contributed by atoms with Gasteiger partial charge in [0.25, 0.3) is 0 Å². The summed E-state index contributed by atoms with van der Waals surface area (Å²) < 4.78 is 32.4. The zero-order valence-electron chi connectivity index (χ0n) is 34.3. The first kappa shape index (κ1) is 53.1. The topological polar surface area (TPSA) is 166 Å². The summed E-state index contributed by atoms with van der Waals surface area (Å²) in [4.78, 5) is 47.1. The van der Waals surface area contributed by atoms with Gasteiger partial charge in [0, 0.05) is 19.3 Å². The van der Waals surface area contributed by atoms with Crippen LogP contribution in [-0.4, -0.2) is 71.5 Å². The molecule has 0 bridgehead atoms. The van der Waals surface area contributed by atoms with Crippen molar-refractivity contribution in [2.75, 3.05) is 26.4 Å². The number of ketones is 1. The van der Waals surface area contributed by atoms with Crippen LogP contribution < -0.4 is 0 Å². The van der Waals surface area contributed by atoms with Gasteiger partial charge in [-0.25, -0.2) is 4.57 Å². The van der Waals surface area contributed by atoms with E-state index in [2.05, 4.69) is 67.0 Å². The molecule has 11 nitrogen and oxygen atoms in total. The van der Waals surface area contributed by atoms with Crippen molar-refractivity contribution in [2.45, 2.75) is 161 Å². The van der Waals surface area contributed by atoms with Crippen LogP contribution in [0.4, 0.5) is 0 Å². The van der Waals surface area contributed by atoms with E-state index in [4.69, 9.17) is 19.1 Å². The van der Waals surface area contributed by atoms with E-state index >= 15 is 0 Å². The summed E-state index contributed by atoms with van der Waals surface area (Å²) in [7, 11) is -4.68. The molecule has 0 saturated carbocycles. The Kier molecular flexibility index (Phi) is 36.9. The number of carbonyl (C=O) groups excluding carboxylic acids is 3. The van der Waals surface area contributed by atoms with Crippen molar-refractivity contribution in [3.63, 3.8) is 0 Å². The number of hydrogen-bond donors (Lipinski definition) is 3. The Labute approximate surface area is 337 Å². The summed E-state index contributed by atoms with van der Waals surface area (Å²) in [6, 6.07) is 0. The van der Waals surface area contributed by atoms with Gasteiger partial charge < -0.3 is 24.6 Å². The number of allylic oxidation sites excluding steroid dienone is 12. The first-order valence-corrected chi connectivity index (χ1v) is 22.4. The number of carbonyl (C=O) groups is 3. The lowest BCUT2D eigenvalue weighted by Crippen LogP contribution is -2.29. The van der Waals surface area contributed by atoms with Gasteiger partial charge in [0.2, 0.25) is 0 Å². The number of rotatable bonds is 38. The smallest absolute Gasteiger partial charge is 0.462 e. The van der Waals surface area contributed by atoms with Crippen LogP contribution in [0.15, 0.2) is 72.9 Å². The Morgan fingerprint density at radius 1 is 0.589 bits per heavy atom. The molecule has 0 aromatic carbocycles. The fraction of sp³-hybridized carbons (Fsp3) is 0.659. The minimum Gasteiger partial charge on any atom is -0.462 e. The molecular formula is C44H73O11P. The van der Waals surface area contributed by atoms with Gasteiger partial charge in [0.05, 0.1) is 19.8 Å². The standard InChI is InChI=1S/C44H73O11P/c1-3-5-7-9-11-13-15-17-18-20-22-24-26-28-30-34-44(49)55-42(39-54-56(50,51)53-37-41(47)36-45)38-52-43(48)35-31-33-40(46)32-29-27-25-23-21-19-16-14-12-10-8-6-4-2/h12-15,17-19,21,25,27,29,32,41-42,45,47H,3-11,16,20,22-24,26,28,30-31,33-39H2,1-2H3,(H,50,51)/b14-12-,15-13-,18-17-,21-19-,27-25-,32-29+/t41-,42+/m0/s1. The van der Waals surface area contributed by atoms with Crippen molar-refractivity contribution in [2.24, 2.45) is 0 Å². The molecule has 0 fully saturated rings. The summed E-state index contributed by atoms with van der Waals surface area (Å²) in [5.74, 6) is -1.34. The zero-order valence-corrected chi connectivity index (χ0v) is 35.2. The van der Waals surface area contributed by atoms with Crippen LogP contribution in [0.1, 0.15) is 149 Å². The predicted octanol–water partition coefficient (Wildman–Crippen LogP) is 10.1. The largest absolute Gasteiger partial charge is 0.472 e. The number of unbranched alkanes of at least 4 members (excludes halogenated alkanes) is 12. The third-order valence-corrected chi connectivity index (χ3v) is 9.29. The number of aliphatic hydroxyl groups excluding tert-OH is 2. The SMILES string of the molecule is CCCCC/C=C\C/C=C\C/C=C\C=C\C(=O)CCCC(=O)OC[C@H](COP(=O)(O)OC[C@@H](O)CO)OC(=O)CCCCCCC/C=C\C=C/CCCCCC. The van der Waals surface area contributed by atoms with Crippen LogP contribution in [0.3, 0.4) is 0 Å². The summed E-state index contributed by atoms with van der Waals surface area (Å²) >= 11 is 0. The molecule has 0 radical (unpaired) electrons. The summed E-state index contributed by atoms with van der Waals surface area (Å²) in [5.41, 5.74) is 0. The van der Waals surface area contributed by atoms with Gasteiger partial charge in [0.1, 0.15) is 12.7 Å². The van der Waals surface area contributed by atoms with Gasteiger partial charge >= 0.3 is 19.8 Å². The number of ether oxygens (including phenoxy) is 2. The molecule has 12 heteroatoms. The molecule has 0 amide bonds. The molecule has 0 aliphatic rings. The average Bonchev–Trinajstić information content (AvgIpc) is 3.18. The van der Waals surface area contributed by atoms with E-state index in [9.17, 15) is 28.9 Å². The molecule has 1 unspecified atom stereocenters. The van der Waals surface area contributed by atoms with Crippen molar-refractivity contribution >= 4 is 25.5 Å². The lowest BCUT2D eigenvalue weighted by Gasteiger charge is -2.20. The highest BCUT2D eigenvalue weighted by Crippen LogP contribution is 2.43. The van der Waals surface area contributed by atoms with Crippen LogP contribution in [0.25, 0.3) is 0 Å². The third kappa shape index (κ3) is 38.0. The molecule has 0 aromatic heterocycles. The monoisotopic (exact) mass is 808 g/mol. The van der Waals surface area contributed by atoms with Crippen molar-refractivity contribution in [3.05, 3.63) is 72.9 Å². The van der Waals surface area contributed by atoms with Crippen molar-refractivity contribution in [1.82, 2.24) is 0 Å². The van der Waals surface area contributed by atoms with Crippen LogP contribution in [-0.2, 0) is 37.5 Å². The Bertz CT molecular complexity index is 1220. The molecule has 0 saturated heterocycles. The summed E-state index contributed by atoms with van der Waals surface area (Å²) in [6.45, 7) is 2.01. The fourth-order valence-electron chi connectivity index (χ4n) is 5.05. The normalized spacial score (nSPS) is 14.5. The van der Waals surface area contributed by atoms with Crippen LogP contribution in [0.5, 0.6) is 0 Å². The molecule has 0 aromatic rings. The molecule has 0 aliphatic carbocycles. The lowest BCUT2D eigenvalue weighted by molar-refractivity contribution is -0.161. The van der Waals surface area contributed by atoms with E-state index in [1.807, 2.05) is 12.2 Å². The highest BCUT2D eigenvalue weighted by molar-refractivity contribution is 7.47. The molecule has 0 heterocycles. The minimum absolute atomic E-state index is 0.0545. The van der Waals surface area contributed by atoms with Gasteiger partial charge in [-0.05, 0) is 70.3 Å². The lowest BCUT2D eigenvalue weighted by atomic mass is 10.1. The molecule has 320 valence electrons. The van der Waals surface area contributed by atoms with E-state index in [0.717, 1.165) is 57.8 Å². The minimum atomic E-state index is -4.68. The molecule has 0 spiro atoms. The van der Waals surface area contributed by atoms with Crippen molar-refractivity contribution < 1.29 is 52.6 Å². The van der Waals surface area contributed by atoms with Crippen molar-refractivity contribution in [1.29, 1.82) is 0 Å². The van der Waals surface area contributed by atoms with Gasteiger partial charge in [-0.2, -0.15) is 0 Å². The molecule has 3 N–H and O–H groups in total. The molecular weight excluding hydrogens is 735 g/mol. The summed E-state index contributed by atoms with van der Waals surface area (Å²) in [5, 5.41) is 18.3. The first-order chi connectivity index (χ1) is 27.1. The number of aliphatic hydroxyl groups is 2. The quantitative estimate of drug-likeness (QED) is 0.0136. The van der Waals surface area contributed by atoms with Gasteiger partial charge in [-0.3, -0.25) is 23.4 Å². The maximum atomic E-state index is 12.6. The summed E-state index contributed by atoms with van der Waals surface area (Å²) in [6.07, 6.45) is 40.1. The first-order valence-electron chi connectivity index (χ1n) is 20.9. The molecule has 56 heavy (non-hydrogen) atoms. The van der Waals surface area contributed by atoms with E-state index < -0.39 is 58.4 Å². The van der Waals surface area contributed by atoms with Crippen LogP contribution in [0.2, 0.25) is 0 Å². The molecule has 0 rings (SSSR count). The number of esters is 2. The van der Waals surface area contributed by atoms with Gasteiger partial charge in [-0.15, -0.1) is 0 Å². The highest BCUT2D eigenvalue weighted by atomic mass is 31.2. The molecule has 3 atom stereocenters. The van der Waals surface area contributed by atoms with Crippen LogP contribution >= 0.6 is 7.82 Å². The maximum Gasteiger partial charge on any atom is 0.472 e. The molecule has 0 aliphatic heterocycles. The second-order valence-corrected chi connectivity index (χ2v) is 15.2. The number of hydrogen-bond acceptors (Lipinski definition) is 10. The van der Waals surface area contributed by atoms with E-state index in [1.165, 1.54) is 51.0 Å². The van der Waals surface area contributed by atoms with Gasteiger partial charge in [-0.1, -0.05) is 132 Å². The number of phosphoric ester groups is 1. The second kappa shape index (κ2) is 38.9. The Hall–Kier alpha value is -2.92. The highest BCUT2D eigenvalue weighted by Gasteiger charge is 2.27. The van der Waals surface area contributed by atoms with Crippen molar-refractivity contribution in [3.8, 4) is 0 Å². The Balaban J connectivity index is 4.56. The van der Waals surface area contributed by atoms with E-state index in [1.54, 1.807) is 6.08 Å². The Morgan fingerprint density at radius 2 is 1.12 bits per heavy atom. The second-order valence-electron chi connectivity index (χ2n) is 13.7. The van der Waals surface area contributed by atoms with Crippen LogP contribution in [0, 0.1) is 0 Å². The zero-order chi connectivity index (χ0) is 41.4. The maximum absolute atomic E-state index is 12.6. The third-order valence-electron chi connectivity index (χ3n) is 8.34. The number of phosphoric acid groups is 1. The fourth-order valence-corrected chi connectivity index (χ4v) is 5.84. The average molecular weight is 809 g/mol. The van der Waals surface area contributed by atoms with E-state index in [-0.39, 0.29) is 31.5 Å². The Morgan fingerprint density at radius 3 is 1.82 bits per heavy atom. The predicted molar refractivity (Wildman–Crippen MR) is 224 cm³/mol. The van der Waals surface area contributed by atoms with Gasteiger partial charge in [0.15, 0.2) is 11.9 Å².